The molecule has 1 aromatic carbocycles. The first kappa shape index (κ1) is 16.6. The molecule has 1 saturated carbocycles. The van der Waals surface area contributed by atoms with Crippen molar-refractivity contribution in [2.45, 2.75) is 38.6 Å². The minimum absolute atomic E-state index is 0.0242. The molecule has 1 aliphatic carbocycles. The van der Waals surface area contributed by atoms with Crippen molar-refractivity contribution >= 4 is 5.91 Å². The molecule has 1 aliphatic rings. The van der Waals surface area contributed by atoms with E-state index in [-0.39, 0.29) is 29.5 Å². The molecular formula is C17H22FN5O. The summed E-state index contributed by atoms with van der Waals surface area (Å²) in [6.45, 7) is 4.31. The van der Waals surface area contributed by atoms with Crippen molar-refractivity contribution in [3.8, 4) is 5.69 Å². The number of carbonyl (C=O) groups is 1. The molecule has 7 heteroatoms. The first-order chi connectivity index (χ1) is 11.5. The van der Waals surface area contributed by atoms with E-state index < -0.39 is 0 Å². The number of aromatic nitrogens is 3. The number of nitrogens with one attached hydrogen (secondary N) is 1. The number of nitrogens with two attached hydrogens (primary N) is 1. The number of halogens is 1. The lowest BCUT2D eigenvalue weighted by molar-refractivity contribution is 0.0940. The smallest absolute Gasteiger partial charge is 0.291 e. The summed E-state index contributed by atoms with van der Waals surface area (Å²) in [7, 11) is 0. The Hall–Kier alpha value is -2.28. The van der Waals surface area contributed by atoms with Crippen LogP contribution in [0, 0.1) is 11.7 Å². The summed E-state index contributed by atoms with van der Waals surface area (Å²) in [6, 6.07) is 6.04. The van der Waals surface area contributed by atoms with Gasteiger partial charge in [0.05, 0.1) is 5.69 Å². The Balaban J connectivity index is 1.81. The second-order valence-corrected chi connectivity index (χ2v) is 6.55. The molecule has 2 aromatic rings. The number of rotatable bonds is 6. The highest BCUT2D eigenvalue weighted by atomic mass is 19.1. The van der Waals surface area contributed by atoms with Crippen LogP contribution in [0.3, 0.4) is 0 Å². The number of nitrogens with zero attached hydrogens (tertiary/aromatic N) is 3. The van der Waals surface area contributed by atoms with Gasteiger partial charge in [0.15, 0.2) is 0 Å². The van der Waals surface area contributed by atoms with Gasteiger partial charge in [-0.3, -0.25) is 4.79 Å². The predicted molar refractivity (Wildman–Crippen MR) is 88.4 cm³/mol. The van der Waals surface area contributed by atoms with Gasteiger partial charge in [-0.25, -0.2) is 14.1 Å². The van der Waals surface area contributed by atoms with E-state index >= 15 is 0 Å². The number of amides is 1. The monoisotopic (exact) mass is 331 g/mol. The average molecular weight is 331 g/mol. The van der Waals surface area contributed by atoms with Crippen LogP contribution in [0.2, 0.25) is 0 Å². The minimum Gasteiger partial charge on any atom is -0.348 e. The van der Waals surface area contributed by atoms with Gasteiger partial charge in [0.2, 0.25) is 5.82 Å². The number of carbonyl (C=O) groups excluding carboxylic acids is 1. The lowest BCUT2D eigenvalue weighted by atomic mass is 10.2. The summed E-state index contributed by atoms with van der Waals surface area (Å²) in [5.74, 6) is 0.510. The van der Waals surface area contributed by atoms with Crippen LogP contribution in [0.15, 0.2) is 24.3 Å². The molecule has 0 radical (unpaired) electrons. The molecular weight excluding hydrogens is 309 g/mol. The van der Waals surface area contributed by atoms with Crippen molar-refractivity contribution in [1.82, 2.24) is 20.1 Å². The second-order valence-electron chi connectivity index (χ2n) is 6.55. The molecule has 24 heavy (non-hydrogen) atoms. The zero-order valence-corrected chi connectivity index (χ0v) is 13.9. The van der Waals surface area contributed by atoms with Crippen molar-refractivity contribution in [3.05, 3.63) is 41.7 Å². The van der Waals surface area contributed by atoms with Crippen LogP contribution < -0.4 is 11.1 Å². The van der Waals surface area contributed by atoms with Gasteiger partial charge in [-0.2, -0.15) is 0 Å². The lowest BCUT2D eigenvalue weighted by Crippen LogP contribution is -2.39. The maximum absolute atomic E-state index is 13.5. The molecule has 1 heterocycles. The van der Waals surface area contributed by atoms with E-state index in [9.17, 15) is 9.18 Å². The number of hydrogen-bond donors (Lipinski definition) is 2. The third-order valence-electron chi connectivity index (χ3n) is 4.13. The van der Waals surface area contributed by atoms with Crippen LogP contribution in [0.25, 0.3) is 5.69 Å². The first-order valence-corrected chi connectivity index (χ1v) is 8.22. The van der Waals surface area contributed by atoms with Crippen molar-refractivity contribution < 1.29 is 9.18 Å². The molecule has 0 spiro atoms. The Morgan fingerprint density at radius 3 is 2.83 bits per heavy atom. The maximum atomic E-state index is 13.5. The van der Waals surface area contributed by atoms with Gasteiger partial charge in [0.1, 0.15) is 11.6 Å². The summed E-state index contributed by atoms with van der Waals surface area (Å²) in [6.07, 6.45) is 2.25. The highest BCUT2D eigenvalue weighted by Crippen LogP contribution is 2.31. The van der Waals surface area contributed by atoms with Crippen LogP contribution in [0.1, 0.15) is 49.1 Å². The van der Waals surface area contributed by atoms with Gasteiger partial charge in [-0.15, -0.1) is 5.10 Å². The zero-order chi connectivity index (χ0) is 17.3. The third kappa shape index (κ3) is 3.62. The standard InChI is InChI=1S/C17H22FN5O/c1-10(2)16-21-15(17(24)20-9-14(19)11-6-7-11)22-23(16)13-5-3-4-12(18)8-13/h3-5,8,10-11,14H,6-7,9,19H2,1-2H3,(H,20,24). The van der Waals surface area contributed by atoms with Gasteiger partial charge in [0, 0.05) is 18.5 Å². The highest BCUT2D eigenvalue weighted by molar-refractivity contribution is 5.90. The lowest BCUT2D eigenvalue weighted by Gasteiger charge is -2.09. The van der Waals surface area contributed by atoms with Crippen LogP contribution in [-0.4, -0.2) is 33.3 Å². The second kappa shape index (κ2) is 6.68. The molecule has 128 valence electrons. The largest absolute Gasteiger partial charge is 0.348 e. The van der Waals surface area contributed by atoms with E-state index in [4.69, 9.17) is 5.73 Å². The Bertz CT molecular complexity index is 738. The molecule has 3 rings (SSSR count). The fraction of sp³-hybridized carbons (Fsp3) is 0.471. The van der Waals surface area contributed by atoms with Gasteiger partial charge in [-0.1, -0.05) is 19.9 Å². The molecule has 6 nitrogen and oxygen atoms in total. The molecule has 0 saturated heterocycles. The van der Waals surface area contributed by atoms with E-state index in [1.807, 2.05) is 13.8 Å². The van der Waals surface area contributed by atoms with Gasteiger partial charge in [-0.05, 0) is 37.0 Å². The summed E-state index contributed by atoms with van der Waals surface area (Å²) < 4.78 is 15.0. The van der Waals surface area contributed by atoms with Crippen LogP contribution in [0.5, 0.6) is 0 Å². The molecule has 1 unspecified atom stereocenters. The van der Waals surface area contributed by atoms with Crippen LogP contribution in [-0.2, 0) is 0 Å². The quantitative estimate of drug-likeness (QED) is 0.848. The van der Waals surface area contributed by atoms with E-state index in [0.717, 1.165) is 12.8 Å². The van der Waals surface area contributed by atoms with Crippen molar-refractivity contribution in [2.24, 2.45) is 11.7 Å². The molecule has 0 bridgehead atoms. The summed E-state index contributed by atoms with van der Waals surface area (Å²) in [5, 5.41) is 7.05. The minimum atomic E-state index is -0.362. The Morgan fingerprint density at radius 1 is 1.46 bits per heavy atom. The maximum Gasteiger partial charge on any atom is 0.291 e. The Kier molecular flexibility index (Phi) is 4.62. The number of hydrogen-bond acceptors (Lipinski definition) is 4. The molecule has 1 atom stereocenters. The van der Waals surface area contributed by atoms with Crippen molar-refractivity contribution in [2.75, 3.05) is 6.54 Å². The van der Waals surface area contributed by atoms with Crippen molar-refractivity contribution in [1.29, 1.82) is 0 Å². The zero-order valence-electron chi connectivity index (χ0n) is 13.9. The van der Waals surface area contributed by atoms with E-state index in [0.29, 0.717) is 24.0 Å². The fourth-order valence-corrected chi connectivity index (χ4v) is 2.57. The third-order valence-corrected chi connectivity index (χ3v) is 4.13. The van der Waals surface area contributed by atoms with E-state index in [1.165, 1.54) is 16.8 Å². The average Bonchev–Trinajstić information content (AvgIpc) is 3.30. The van der Waals surface area contributed by atoms with Crippen LogP contribution >= 0.6 is 0 Å². The normalized spacial score (nSPS) is 15.5. The molecule has 1 aromatic heterocycles. The SMILES string of the molecule is CC(C)c1nc(C(=O)NCC(N)C2CC2)nn1-c1cccc(F)c1. The number of benzene rings is 1. The highest BCUT2D eigenvalue weighted by Gasteiger charge is 2.29. The topological polar surface area (TPSA) is 85.8 Å². The molecule has 0 aliphatic heterocycles. The fourth-order valence-electron chi connectivity index (χ4n) is 2.57. The summed E-state index contributed by atoms with van der Waals surface area (Å²) >= 11 is 0. The molecule has 1 amide bonds. The van der Waals surface area contributed by atoms with Gasteiger partial charge >= 0.3 is 0 Å². The van der Waals surface area contributed by atoms with Crippen LogP contribution in [0.4, 0.5) is 4.39 Å². The van der Waals surface area contributed by atoms with E-state index in [2.05, 4.69) is 15.4 Å². The molecule has 3 N–H and O–H groups in total. The Labute approximate surface area is 140 Å². The first-order valence-electron chi connectivity index (χ1n) is 8.22. The summed E-state index contributed by atoms with van der Waals surface area (Å²) in [5.41, 5.74) is 6.54. The van der Waals surface area contributed by atoms with Gasteiger partial charge in [0.25, 0.3) is 5.91 Å². The summed E-state index contributed by atoms with van der Waals surface area (Å²) in [4.78, 5) is 16.6. The molecule has 1 fully saturated rings. The van der Waals surface area contributed by atoms with Crippen molar-refractivity contribution in [3.63, 3.8) is 0 Å². The van der Waals surface area contributed by atoms with Gasteiger partial charge < -0.3 is 11.1 Å². The van der Waals surface area contributed by atoms with E-state index in [1.54, 1.807) is 12.1 Å². The Morgan fingerprint density at radius 2 is 2.21 bits per heavy atom. The predicted octanol–water partition coefficient (Wildman–Crippen LogP) is 2.00.